The van der Waals surface area contributed by atoms with E-state index in [1.807, 2.05) is 31.3 Å². The summed E-state index contributed by atoms with van der Waals surface area (Å²) >= 11 is 0. The van der Waals surface area contributed by atoms with E-state index in [4.69, 9.17) is 10.8 Å². The van der Waals surface area contributed by atoms with E-state index in [2.05, 4.69) is 10.3 Å². The summed E-state index contributed by atoms with van der Waals surface area (Å²) in [5.74, 6) is -0.838. The van der Waals surface area contributed by atoms with Crippen molar-refractivity contribution < 1.29 is 9.90 Å². The molecule has 18 heavy (non-hydrogen) atoms. The molecule has 0 amide bonds. The topological polar surface area (TPSA) is 91.1 Å². The Hall–Kier alpha value is -2.01. The lowest BCUT2D eigenvalue weighted by Gasteiger charge is -2.12. The van der Waals surface area contributed by atoms with Crippen LogP contribution in [-0.2, 0) is 11.2 Å². The molecule has 2 aromatic rings. The van der Waals surface area contributed by atoms with Gasteiger partial charge in [0.2, 0.25) is 0 Å². The Balaban J connectivity index is 2.30. The number of carboxylic acids is 1. The molecule has 1 aromatic carbocycles. The fourth-order valence-corrected chi connectivity index (χ4v) is 2.08. The summed E-state index contributed by atoms with van der Waals surface area (Å²) in [7, 11) is 0. The number of anilines is 1. The third-order valence-corrected chi connectivity index (χ3v) is 2.96. The number of aromatic nitrogens is 1. The van der Waals surface area contributed by atoms with Crippen LogP contribution in [0.5, 0.6) is 0 Å². The minimum absolute atomic E-state index is 0.437. The highest BCUT2D eigenvalue weighted by Crippen LogP contribution is 2.22. The number of H-pyrrole nitrogens is 1. The van der Waals surface area contributed by atoms with E-state index in [-0.39, 0.29) is 0 Å². The van der Waals surface area contributed by atoms with Gasteiger partial charge in [-0.05, 0) is 30.3 Å². The van der Waals surface area contributed by atoms with Gasteiger partial charge in [0.05, 0.1) is 0 Å². The third kappa shape index (κ3) is 2.46. The first-order chi connectivity index (χ1) is 8.61. The molecule has 0 bridgehead atoms. The molecule has 2 rings (SSSR count). The van der Waals surface area contributed by atoms with Gasteiger partial charge in [-0.1, -0.05) is 6.92 Å². The van der Waals surface area contributed by atoms with E-state index in [9.17, 15) is 4.79 Å². The van der Waals surface area contributed by atoms with Crippen molar-refractivity contribution in [1.29, 1.82) is 0 Å². The molecular formula is C13H17N3O2. The number of hydrogen-bond donors (Lipinski definition) is 4. The van der Waals surface area contributed by atoms with Gasteiger partial charge in [-0.25, -0.2) is 0 Å². The lowest BCUT2D eigenvalue weighted by atomic mass is 10.0. The molecule has 1 unspecified atom stereocenters. The van der Waals surface area contributed by atoms with Crippen LogP contribution in [0.4, 0.5) is 5.69 Å². The second-order valence-corrected chi connectivity index (χ2v) is 4.27. The van der Waals surface area contributed by atoms with E-state index in [0.29, 0.717) is 18.7 Å². The number of aromatic amines is 1. The number of benzene rings is 1. The van der Waals surface area contributed by atoms with Gasteiger partial charge in [0.1, 0.15) is 6.04 Å². The van der Waals surface area contributed by atoms with Crippen LogP contribution in [0.25, 0.3) is 10.9 Å². The number of hydrogen-bond acceptors (Lipinski definition) is 3. The van der Waals surface area contributed by atoms with E-state index in [1.54, 1.807) is 0 Å². The zero-order valence-corrected chi connectivity index (χ0v) is 10.2. The summed E-state index contributed by atoms with van der Waals surface area (Å²) in [6, 6.07) is 5.01. The Kier molecular flexibility index (Phi) is 3.53. The number of likely N-dealkylation sites (N-methyl/N-ethyl adjacent to an activating group) is 1. The first-order valence-corrected chi connectivity index (χ1v) is 5.93. The summed E-state index contributed by atoms with van der Waals surface area (Å²) in [5, 5.41) is 13.1. The molecular weight excluding hydrogens is 230 g/mol. The largest absolute Gasteiger partial charge is 0.480 e. The number of nitrogen functional groups attached to an aromatic ring is 1. The Morgan fingerprint density at radius 1 is 1.56 bits per heavy atom. The van der Waals surface area contributed by atoms with Gasteiger partial charge < -0.3 is 21.1 Å². The molecule has 1 aromatic heterocycles. The molecule has 96 valence electrons. The van der Waals surface area contributed by atoms with Crippen molar-refractivity contribution in [3.05, 3.63) is 30.0 Å². The van der Waals surface area contributed by atoms with Gasteiger partial charge in [0.15, 0.2) is 0 Å². The maximum atomic E-state index is 11.1. The number of fused-ring (bicyclic) bond motifs is 1. The number of rotatable bonds is 5. The minimum Gasteiger partial charge on any atom is -0.480 e. The number of carboxylic acid groups (broad SMARTS) is 1. The van der Waals surface area contributed by atoms with Gasteiger partial charge in [-0.2, -0.15) is 0 Å². The van der Waals surface area contributed by atoms with Gasteiger partial charge in [0.25, 0.3) is 0 Å². The summed E-state index contributed by atoms with van der Waals surface area (Å²) in [6.07, 6.45) is 2.28. The zero-order valence-electron chi connectivity index (χ0n) is 10.2. The molecule has 0 aliphatic rings. The molecule has 1 heterocycles. The van der Waals surface area contributed by atoms with Gasteiger partial charge in [-0.3, -0.25) is 4.79 Å². The highest BCUT2D eigenvalue weighted by molar-refractivity contribution is 5.87. The molecule has 5 nitrogen and oxygen atoms in total. The van der Waals surface area contributed by atoms with Crippen LogP contribution < -0.4 is 11.1 Å². The Bertz CT molecular complexity index is 562. The van der Waals surface area contributed by atoms with Crippen LogP contribution in [0.15, 0.2) is 24.4 Å². The van der Waals surface area contributed by atoms with E-state index >= 15 is 0 Å². The Morgan fingerprint density at radius 3 is 3.00 bits per heavy atom. The predicted octanol–water partition coefficient (Wildman–Crippen LogP) is 1.36. The van der Waals surface area contributed by atoms with Crippen LogP contribution in [0.2, 0.25) is 0 Å². The van der Waals surface area contributed by atoms with E-state index in [0.717, 1.165) is 16.5 Å². The summed E-state index contributed by atoms with van der Waals surface area (Å²) < 4.78 is 0. The minimum atomic E-state index is -0.838. The first-order valence-electron chi connectivity index (χ1n) is 5.93. The van der Waals surface area contributed by atoms with Crippen LogP contribution in [-0.4, -0.2) is 28.6 Å². The molecule has 0 aliphatic carbocycles. The van der Waals surface area contributed by atoms with E-state index < -0.39 is 12.0 Å². The number of carbonyl (C=O) groups is 1. The molecule has 0 spiro atoms. The van der Waals surface area contributed by atoms with Crippen LogP contribution >= 0.6 is 0 Å². The van der Waals surface area contributed by atoms with Crippen molar-refractivity contribution >= 4 is 22.6 Å². The zero-order chi connectivity index (χ0) is 13.1. The van der Waals surface area contributed by atoms with Crippen molar-refractivity contribution in [3.8, 4) is 0 Å². The number of aliphatic carboxylic acids is 1. The quantitative estimate of drug-likeness (QED) is 0.600. The predicted molar refractivity (Wildman–Crippen MR) is 71.5 cm³/mol. The van der Waals surface area contributed by atoms with Crippen LogP contribution in [0, 0.1) is 0 Å². The number of nitrogens with two attached hydrogens (primary N) is 1. The first kappa shape index (κ1) is 12.4. The fraction of sp³-hybridized carbons (Fsp3) is 0.308. The normalized spacial score (nSPS) is 12.7. The molecule has 0 fully saturated rings. The van der Waals surface area contributed by atoms with Crippen LogP contribution in [0.1, 0.15) is 12.5 Å². The SMILES string of the molecule is CCNC(Cc1c[nH]c2ccc(N)cc12)C(=O)O. The average molecular weight is 247 g/mol. The second-order valence-electron chi connectivity index (χ2n) is 4.27. The molecule has 0 radical (unpaired) electrons. The van der Waals surface area contributed by atoms with E-state index in [1.165, 1.54) is 0 Å². The average Bonchev–Trinajstić information content (AvgIpc) is 2.71. The van der Waals surface area contributed by atoms with Gasteiger partial charge >= 0.3 is 5.97 Å². The summed E-state index contributed by atoms with van der Waals surface area (Å²) in [4.78, 5) is 14.2. The molecule has 0 aliphatic heterocycles. The molecule has 0 saturated heterocycles. The monoisotopic (exact) mass is 247 g/mol. The van der Waals surface area contributed by atoms with Crippen molar-refractivity contribution in [2.24, 2.45) is 0 Å². The third-order valence-electron chi connectivity index (χ3n) is 2.96. The smallest absolute Gasteiger partial charge is 0.321 e. The van der Waals surface area contributed by atoms with Gasteiger partial charge in [-0.15, -0.1) is 0 Å². The second kappa shape index (κ2) is 5.10. The molecule has 1 atom stereocenters. The van der Waals surface area contributed by atoms with Crippen LogP contribution in [0.3, 0.4) is 0 Å². The van der Waals surface area contributed by atoms with Crippen molar-refractivity contribution in [1.82, 2.24) is 10.3 Å². The highest BCUT2D eigenvalue weighted by Gasteiger charge is 2.18. The lowest BCUT2D eigenvalue weighted by Crippen LogP contribution is -2.38. The van der Waals surface area contributed by atoms with Crippen molar-refractivity contribution in [3.63, 3.8) is 0 Å². The standard InChI is InChI=1S/C13H17N3O2/c1-2-15-12(13(17)18)5-8-7-16-11-4-3-9(14)6-10(8)11/h3-4,6-7,12,15-16H,2,5,14H2,1H3,(H,17,18). The molecule has 5 N–H and O–H groups in total. The maximum absolute atomic E-state index is 11.1. The van der Waals surface area contributed by atoms with Gasteiger partial charge in [0, 0.05) is 29.2 Å². The maximum Gasteiger partial charge on any atom is 0.321 e. The Labute approximate surface area is 105 Å². The molecule has 0 saturated carbocycles. The lowest BCUT2D eigenvalue weighted by molar-refractivity contribution is -0.139. The summed E-state index contributed by atoms with van der Waals surface area (Å²) in [5.41, 5.74) is 8.37. The fourth-order valence-electron chi connectivity index (χ4n) is 2.08. The molecule has 5 heteroatoms. The van der Waals surface area contributed by atoms with Crippen molar-refractivity contribution in [2.45, 2.75) is 19.4 Å². The summed E-state index contributed by atoms with van der Waals surface area (Å²) in [6.45, 7) is 2.52. The number of nitrogens with one attached hydrogen (secondary N) is 2. The van der Waals surface area contributed by atoms with Crippen molar-refractivity contribution in [2.75, 3.05) is 12.3 Å². The highest BCUT2D eigenvalue weighted by atomic mass is 16.4. The Morgan fingerprint density at radius 2 is 2.33 bits per heavy atom.